The topological polar surface area (TPSA) is 119 Å². The van der Waals surface area contributed by atoms with Crippen LogP contribution in [0.15, 0.2) is 17.4 Å². The van der Waals surface area contributed by atoms with Gasteiger partial charge in [-0.25, -0.2) is 9.97 Å². The Balaban J connectivity index is 1.22. The highest BCUT2D eigenvalue weighted by Crippen LogP contribution is 2.30. The van der Waals surface area contributed by atoms with Crippen molar-refractivity contribution in [3.05, 3.63) is 23.0 Å². The van der Waals surface area contributed by atoms with Crippen molar-refractivity contribution in [1.82, 2.24) is 19.5 Å². The first-order valence-corrected chi connectivity index (χ1v) is 13.5. The maximum absolute atomic E-state index is 12.1. The highest BCUT2D eigenvalue weighted by atomic mass is 16.6. The molecule has 9 nitrogen and oxygen atoms in total. The zero-order chi connectivity index (χ0) is 24.9. The number of aromatic nitrogens is 4. The molecular formula is C26H42N4O5. The number of aliphatic hydroxyl groups is 1. The summed E-state index contributed by atoms with van der Waals surface area (Å²) in [6, 6.07) is 0. The quantitative estimate of drug-likeness (QED) is 0.242. The number of H-pyrrole nitrogens is 1. The van der Waals surface area contributed by atoms with Gasteiger partial charge < -0.3 is 19.6 Å². The van der Waals surface area contributed by atoms with Gasteiger partial charge in [0.2, 0.25) is 0 Å². The Hall–Kier alpha value is -2.26. The molecule has 0 radical (unpaired) electrons. The van der Waals surface area contributed by atoms with Gasteiger partial charge in [-0.05, 0) is 6.42 Å². The minimum absolute atomic E-state index is 0.103. The minimum atomic E-state index is -0.807. The van der Waals surface area contributed by atoms with Gasteiger partial charge in [0, 0.05) is 12.8 Å². The van der Waals surface area contributed by atoms with Crippen molar-refractivity contribution < 1.29 is 19.4 Å². The molecule has 35 heavy (non-hydrogen) atoms. The molecule has 0 spiro atoms. The van der Waals surface area contributed by atoms with Gasteiger partial charge in [0.25, 0.3) is 5.56 Å². The lowest BCUT2D eigenvalue weighted by Crippen LogP contribution is -2.20. The number of fused-ring (bicyclic) bond motifs is 1. The fourth-order valence-corrected chi connectivity index (χ4v) is 4.68. The van der Waals surface area contributed by atoms with Crippen LogP contribution in [0.25, 0.3) is 11.2 Å². The highest BCUT2D eigenvalue weighted by Gasteiger charge is 2.37. The van der Waals surface area contributed by atoms with E-state index in [0.29, 0.717) is 18.5 Å². The van der Waals surface area contributed by atoms with Crippen LogP contribution in [0.4, 0.5) is 0 Å². The molecule has 2 aromatic heterocycles. The lowest BCUT2D eigenvalue weighted by molar-refractivity contribution is -0.148. The summed E-state index contributed by atoms with van der Waals surface area (Å²) in [5.41, 5.74) is 0.189. The van der Waals surface area contributed by atoms with Crippen molar-refractivity contribution in [3.8, 4) is 0 Å². The fraction of sp³-hybridized carbons (Fsp3) is 0.769. The molecule has 0 aliphatic carbocycles. The first-order chi connectivity index (χ1) is 17.1. The van der Waals surface area contributed by atoms with E-state index >= 15 is 0 Å². The lowest BCUT2D eigenvalue weighted by Gasteiger charge is -2.16. The standard InChI is InChI=1S/C26H42N4O5/c1-2-3-4-5-6-7-8-9-10-11-12-13-14-15-22(32)34-17-20-16-21(31)26(35-20)30-19-29-23-24(30)27-18-28-25(23)33/h18-21,26,31H,2-17H2,1H3,(H,27,28,33)/t20-,21?,26+/m0/s1. The van der Waals surface area contributed by atoms with Crippen LogP contribution in [-0.2, 0) is 14.3 Å². The van der Waals surface area contributed by atoms with Crippen LogP contribution < -0.4 is 5.56 Å². The summed E-state index contributed by atoms with van der Waals surface area (Å²) in [7, 11) is 0. The number of nitrogens with one attached hydrogen (secondary N) is 1. The number of esters is 1. The van der Waals surface area contributed by atoms with Crippen molar-refractivity contribution in [3.63, 3.8) is 0 Å². The van der Waals surface area contributed by atoms with E-state index in [1.807, 2.05) is 0 Å². The van der Waals surface area contributed by atoms with Crippen molar-refractivity contribution in [2.24, 2.45) is 0 Å². The van der Waals surface area contributed by atoms with Crippen LogP contribution in [0.3, 0.4) is 0 Å². The van der Waals surface area contributed by atoms with E-state index in [1.54, 1.807) is 4.57 Å². The average Bonchev–Trinajstić information content (AvgIpc) is 3.44. The van der Waals surface area contributed by atoms with Gasteiger partial charge in [0.1, 0.15) is 12.7 Å². The number of nitrogens with zero attached hydrogens (tertiary/aromatic N) is 3. The van der Waals surface area contributed by atoms with Gasteiger partial charge in [-0.15, -0.1) is 0 Å². The molecule has 0 amide bonds. The van der Waals surface area contributed by atoms with Gasteiger partial charge >= 0.3 is 5.97 Å². The van der Waals surface area contributed by atoms with Gasteiger partial charge in [0.05, 0.1) is 18.8 Å². The molecule has 0 aromatic carbocycles. The molecule has 1 aliphatic rings. The number of hydrogen-bond donors (Lipinski definition) is 2. The second-order valence-electron chi connectivity index (χ2n) is 9.68. The lowest BCUT2D eigenvalue weighted by atomic mass is 10.0. The Kier molecular flexibility index (Phi) is 11.7. The van der Waals surface area contributed by atoms with E-state index < -0.39 is 18.4 Å². The number of aromatic amines is 1. The Bertz CT molecular complexity index is 943. The van der Waals surface area contributed by atoms with Crippen LogP contribution in [0.1, 0.15) is 109 Å². The predicted molar refractivity (Wildman–Crippen MR) is 134 cm³/mol. The molecule has 2 aromatic rings. The summed E-state index contributed by atoms with van der Waals surface area (Å²) in [5.74, 6) is -0.226. The molecule has 0 bridgehead atoms. The highest BCUT2D eigenvalue weighted by molar-refractivity contribution is 5.69. The first-order valence-electron chi connectivity index (χ1n) is 13.5. The summed E-state index contributed by atoms with van der Waals surface area (Å²) >= 11 is 0. The van der Waals surface area contributed by atoms with Crippen LogP contribution in [0.5, 0.6) is 0 Å². The number of hydrogen-bond acceptors (Lipinski definition) is 7. The van der Waals surface area contributed by atoms with E-state index in [9.17, 15) is 14.7 Å². The first kappa shape index (κ1) is 27.3. The number of unbranched alkanes of at least 4 members (excludes halogenated alkanes) is 12. The molecule has 1 saturated heterocycles. The molecular weight excluding hydrogens is 448 g/mol. The van der Waals surface area contributed by atoms with Crippen molar-refractivity contribution >= 4 is 17.1 Å². The van der Waals surface area contributed by atoms with Crippen LogP contribution in [0.2, 0.25) is 0 Å². The summed E-state index contributed by atoms with van der Waals surface area (Å²) in [6.45, 7) is 2.36. The SMILES string of the molecule is CCCCCCCCCCCCCCCC(=O)OC[C@@H]1CC(O)[C@H](n2cnc3c(=O)[nH]cnc32)O1. The monoisotopic (exact) mass is 490 g/mol. The number of ether oxygens (including phenoxy) is 2. The van der Waals surface area contributed by atoms with Crippen LogP contribution >= 0.6 is 0 Å². The van der Waals surface area contributed by atoms with E-state index in [0.717, 1.165) is 12.8 Å². The summed E-state index contributed by atoms with van der Waals surface area (Å²) < 4.78 is 12.8. The maximum Gasteiger partial charge on any atom is 0.305 e. The summed E-state index contributed by atoms with van der Waals surface area (Å²) in [4.78, 5) is 34.6. The molecule has 3 atom stereocenters. The molecule has 0 saturated carbocycles. The Morgan fingerprint density at radius 2 is 1.69 bits per heavy atom. The van der Waals surface area contributed by atoms with E-state index in [1.165, 1.54) is 83.3 Å². The molecule has 2 N–H and O–H groups in total. The van der Waals surface area contributed by atoms with E-state index in [-0.39, 0.29) is 23.7 Å². The number of carbonyl (C=O) groups excluding carboxylic acids is 1. The van der Waals surface area contributed by atoms with Crippen LogP contribution in [0, 0.1) is 0 Å². The Labute approximate surface area is 207 Å². The average molecular weight is 491 g/mol. The van der Waals surface area contributed by atoms with Gasteiger partial charge in [-0.1, -0.05) is 84.0 Å². The second-order valence-corrected chi connectivity index (χ2v) is 9.68. The third kappa shape index (κ3) is 8.72. The Morgan fingerprint density at radius 1 is 1.06 bits per heavy atom. The molecule has 1 unspecified atom stereocenters. The summed E-state index contributed by atoms with van der Waals surface area (Å²) in [6.07, 6.45) is 18.0. The Morgan fingerprint density at radius 3 is 2.34 bits per heavy atom. The van der Waals surface area contributed by atoms with Crippen molar-refractivity contribution in [2.75, 3.05) is 6.61 Å². The molecule has 3 heterocycles. The van der Waals surface area contributed by atoms with Crippen LogP contribution in [-0.4, -0.2) is 49.4 Å². The molecule has 1 aliphatic heterocycles. The fourth-order valence-electron chi connectivity index (χ4n) is 4.68. The predicted octanol–water partition coefficient (Wildman–Crippen LogP) is 4.79. The molecule has 1 fully saturated rings. The summed E-state index contributed by atoms with van der Waals surface area (Å²) in [5, 5.41) is 10.4. The zero-order valence-electron chi connectivity index (χ0n) is 21.1. The number of carbonyl (C=O) groups is 1. The van der Waals surface area contributed by atoms with Crippen molar-refractivity contribution in [1.29, 1.82) is 0 Å². The normalized spacial score (nSPS) is 20.0. The van der Waals surface area contributed by atoms with Gasteiger partial charge in [-0.3, -0.25) is 14.2 Å². The van der Waals surface area contributed by atoms with Gasteiger partial charge in [0.15, 0.2) is 17.4 Å². The van der Waals surface area contributed by atoms with E-state index in [4.69, 9.17) is 9.47 Å². The number of rotatable bonds is 17. The number of imidazole rings is 1. The largest absolute Gasteiger partial charge is 0.463 e. The maximum atomic E-state index is 12.1. The molecule has 3 rings (SSSR count). The third-order valence-corrected chi connectivity index (χ3v) is 6.72. The zero-order valence-corrected chi connectivity index (χ0v) is 21.1. The molecule has 9 heteroatoms. The van der Waals surface area contributed by atoms with Crippen molar-refractivity contribution in [2.45, 2.75) is 122 Å². The number of aliphatic hydroxyl groups excluding tert-OH is 1. The second kappa shape index (κ2) is 15.0. The molecule has 196 valence electrons. The third-order valence-electron chi connectivity index (χ3n) is 6.72. The van der Waals surface area contributed by atoms with E-state index in [2.05, 4.69) is 21.9 Å². The minimum Gasteiger partial charge on any atom is -0.463 e. The van der Waals surface area contributed by atoms with Gasteiger partial charge in [-0.2, -0.15) is 0 Å². The smallest absolute Gasteiger partial charge is 0.305 e.